The standard InChI is InChI=1S/C13H16F2N2OS.ClH/c14-13(15)19-11-4-2-1-3-10(11)17-12(18)8-5-6-9(16)7-8;/h1-4,8-9,13H,5-7,16H2,(H,17,18);1H. The Morgan fingerprint density at radius 1 is 1.35 bits per heavy atom. The average molecular weight is 323 g/mol. The van der Waals surface area contributed by atoms with Crippen LogP contribution in [-0.2, 0) is 4.79 Å². The van der Waals surface area contributed by atoms with Crippen LogP contribution in [0.4, 0.5) is 14.5 Å². The number of rotatable bonds is 4. The highest BCUT2D eigenvalue weighted by atomic mass is 35.5. The van der Waals surface area contributed by atoms with E-state index in [-0.39, 0.29) is 30.3 Å². The molecule has 2 rings (SSSR count). The minimum absolute atomic E-state index is 0. The Morgan fingerprint density at radius 3 is 2.65 bits per heavy atom. The van der Waals surface area contributed by atoms with Gasteiger partial charge in [-0.25, -0.2) is 0 Å². The molecule has 3 N–H and O–H groups in total. The number of anilines is 1. The first-order chi connectivity index (χ1) is 9.06. The summed E-state index contributed by atoms with van der Waals surface area (Å²) < 4.78 is 24.8. The van der Waals surface area contributed by atoms with Gasteiger partial charge >= 0.3 is 0 Å². The third kappa shape index (κ3) is 4.61. The Kier molecular flexibility index (Phi) is 6.71. The molecule has 0 radical (unpaired) electrons. The zero-order chi connectivity index (χ0) is 13.8. The summed E-state index contributed by atoms with van der Waals surface area (Å²) >= 11 is 0.437. The van der Waals surface area contributed by atoms with Crippen LogP contribution in [0.2, 0.25) is 0 Å². The number of para-hydroxylation sites is 1. The first-order valence-electron chi connectivity index (χ1n) is 6.16. The van der Waals surface area contributed by atoms with Crippen LogP contribution in [0, 0.1) is 5.92 Å². The number of carbonyl (C=O) groups excluding carboxylic acids is 1. The predicted octanol–water partition coefficient (Wildman–Crippen LogP) is 3.49. The predicted molar refractivity (Wildman–Crippen MR) is 79.5 cm³/mol. The topological polar surface area (TPSA) is 55.1 Å². The van der Waals surface area contributed by atoms with E-state index in [0.717, 1.165) is 12.8 Å². The molecule has 1 aliphatic rings. The van der Waals surface area contributed by atoms with Gasteiger partial charge in [0.25, 0.3) is 5.76 Å². The number of amides is 1. The molecular formula is C13H17ClF2N2OS. The first-order valence-corrected chi connectivity index (χ1v) is 7.04. The number of carbonyl (C=O) groups is 1. The third-order valence-electron chi connectivity index (χ3n) is 3.20. The lowest BCUT2D eigenvalue weighted by molar-refractivity contribution is -0.119. The molecule has 1 aliphatic carbocycles. The second-order valence-corrected chi connectivity index (χ2v) is 5.67. The summed E-state index contributed by atoms with van der Waals surface area (Å²) in [5.74, 6) is -2.74. The molecule has 0 bridgehead atoms. The number of hydrogen-bond donors (Lipinski definition) is 2. The molecule has 3 nitrogen and oxygen atoms in total. The minimum atomic E-state index is -2.50. The average Bonchev–Trinajstić information content (AvgIpc) is 2.78. The van der Waals surface area contributed by atoms with Crippen molar-refractivity contribution in [3.8, 4) is 0 Å². The summed E-state index contributed by atoms with van der Waals surface area (Å²) in [5.41, 5.74) is 6.21. The van der Waals surface area contributed by atoms with Gasteiger partial charge in [0.1, 0.15) is 0 Å². The van der Waals surface area contributed by atoms with Crippen molar-refractivity contribution in [1.82, 2.24) is 0 Å². The van der Waals surface area contributed by atoms with Crippen molar-refractivity contribution in [1.29, 1.82) is 0 Å². The molecule has 1 amide bonds. The summed E-state index contributed by atoms with van der Waals surface area (Å²) in [6.07, 6.45) is 2.26. The van der Waals surface area contributed by atoms with Crippen molar-refractivity contribution in [3.63, 3.8) is 0 Å². The van der Waals surface area contributed by atoms with Gasteiger partial charge in [-0.1, -0.05) is 23.9 Å². The molecule has 2 unspecified atom stereocenters. The van der Waals surface area contributed by atoms with Crippen molar-refractivity contribution in [3.05, 3.63) is 24.3 Å². The Hall–Kier alpha value is -0.850. The molecule has 112 valence electrons. The molecule has 1 aromatic carbocycles. The van der Waals surface area contributed by atoms with Crippen LogP contribution in [0.25, 0.3) is 0 Å². The lowest BCUT2D eigenvalue weighted by Gasteiger charge is -2.13. The van der Waals surface area contributed by atoms with Gasteiger partial charge in [0, 0.05) is 16.9 Å². The Morgan fingerprint density at radius 2 is 2.05 bits per heavy atom. The summed E-state index contributed by atoms with van der Waals surface area (Å²) in [5, 5.41) is 2.73. The van der Waals surface area contributed by atoms with E-state index in [2.05, 4.69) is 5.32 Å². The lowest BCUT2D eigenvalue weighted by Crippen LogP contribution is -2.23. The highest BCUT2D eigenvalue weighted by molar-refractivity contribution is 7.99. The van der Waals surface area contributed by atoms with Gasteiger partial charge in [0.2, 0.25) is 5.91 Å². The highest BCUT2D eigenvalue weighted by Crippen LogP contribution is 2.33. The number of alkyl halides is 2. The number of thioether (sulfide) groups is 1. The molecular weight excluding hydrogens is 306 g/mol. The Balaban J connectivity index is 0.00000200. The van der Waals surface area contributed by atoms with Gasteiger partial charge < -0.3 is 11.1 Å². The van der Waals surface area contributed by atoms with Gasteiger partial charge in [0.05, 0.1) is 5.69 Å². The monoisotopic (exact) mass is 322 g/mol. The van der Waals surface area contributed by atoms with E-state index in [1.54, 1.807) is 24.3 Å². The molecule has 1 aromatic rings. The summed E-state index contributed by atoms with van der Waals surface area (Å²) in [7, 11) is 0. The maximum atomic E-state index is 12.4. The fraction of sp³-hybridized carbons (Fsp3) is 0.462. The molecule has 0 saturated heterocycles. The second kappa shape index (κ2) is 7.81. The highest BCUT2D eigenvalue weighted by Gasteiger charge is 2.28. The molecule has 1 fully saturated rings. The van der Waals surface area contributed by atoms with E-state index >= 15 is 0 Å². The van der Waals surface area contributed by atoms with Crippen molar-refractivity contribution in [2.24, 2.45) is 11.7 Å². The molecule has 0 spiro atoms. The molecule has 7 heteroatoms. The van der Waals surface area contributed by atoms with Crippen LogP contribution in [-0.4, -0.2) is 17.7 Å². The second-order valence-electron chi connectivity index (χ2n) is 4.63. The van der Waals surface area contributed by atoms with E-state index in [1.807, 2.05) is 0 Å². The van der Waals surface area contributed by atoms with Crippen LogP contribution in [0.15, 0.2) is 29.2 Å². The van der Waals surface area contributed by atoms with Crippen molar-refractivity contribution >= 4 is 35.8 Å². The van der Waals surface area contributed by atoms with Crippen LogP contribution < -0.4 is 11.1 Å². The SMILES string of the molecule is Cl.NC1CCC(C(=O)Nc2ccccc2SC(F)F)C1. The Bertz CT molecular complexity index is 462. The third-order valence-corrected chi connectivity index (χ3v) is 3.99. The van der Waals surface area contributed by atoms with Crippen LogP contribution >= 0.6 is 24.2 Å². The number of nitrogens with two attached hydrogens (primary N) is 1. The number of hydrogen-bond acceptors (Lipinski definition) is 3. The maximum Gasteiger partial charge on any atom is 0.288 e. The van der Waals surface area contributed by atoms with E-state index in [1.165, 1.54) is 0 Å². The Labute approximate surface area is 127 Å². The van der Waals surface area contributed by atoms with Crippen molar-refractivity contribution in [2.75, 3.05) is 5.32 Å². The van der Waals surface area contributed by atoms with Gasteiger partial charge in [0.15, 0.2) is 0 Å². The number of benzene rings is 1. The van der Waals surface area contributed by atoms with Gasteiger partial charge in [-0.3, -0.25) is 4.79 Å². The van der Waals surface area contributed by atoms with E-state index in [0.29, 0.717) is 28.8 Å². The molecule has 2 atom stereocenters. The molecule has 1 saturated carbocycles. The maximum absolute atomic E-state index is 12.4. The fourth-order valence-electron chi connectivity index (χ4n) is 2.26. The first kappa shape index (κ1) is 17.2. The van der Waals surface area contributed by atoms with Gasteiger partial charge in [-0.15, -0.1) is 12.4 Å². The van der Waals surface area contributed by atoms with Crippen LogP contribution in [0.5, 0.6) is 0 Å². The van der Waals surface area contributed by atoms with Gasteiger partial charge in [-0.05, 0) is 31.4 Å². The molecule has 0 heterocycles. The van der Waals surface area contributed by atoms with Crippen molar-refractivity contribution < 1.29 is 13.6 Å². The molecule has 0 aliphatic heterocycles. The molecule has 0 aromatic heterocycles. The molecule has 20 heavy (non-hydrogen) atoms. The van der Waals surface area contributed by atoms with Crippen molar-refractivity contribution in [2.45, 2.75) is 36.0 Å². The zero-order valence-corrected chi connectivity index (χ0v) is 12.4. The zero-order valence-electron chi connectivity index (χ0n) is 10.7. The largest absolute Gasteiger partial charge is 0.328 e. The minimum Gasteiger partial charge on any atom is -0.328 e. The number of halogens is 3. The summed E-state index contributed by atoms with van der Waals surface area (Å²) in [4.78, 5) is 12.4. The van der Waals surface area contributed by atoms with E-state index < -0.39 is 5.76 Å². The quantitative estimate of drug-likeness (QED) is 0.834. The van der Waals surface area contributed by atoms with E-state index in [4.69, 9.17) is 5.73 Å². The van der Waals surface area contributed by atoms with Crippen LogP contribution in [0.1, 0.15) is 19.3 Å². The van der Waals surface area contributed by atoms with E-state index in [9.17, 15) is 13.6 Å². The smallest absolute Gasteiger partial charge is 0.288 e. The fourth-order valence-corrected chi connectivity index (χ4v) is 2.85. The summed E-state index contributed by atoms with van der Waals surface area (Å²) in [6, 6.07) is 6.67. The van der Waals surface area contributed by atoms with Gasteiger partial charge in [-0.2, -0.15) is 8.78 Å². The number of nitrogens with one attached hydrogen (secondary N) is 1. The lowest BCUT2D eigenvalue weighted by atomic mass is 10.1. The van der Waals surface area contributed by atoms with Crippen LogP contribution in [0.3, 0.4) is 0 Å². The summed E-state index contributed by atoms with van der Waals surface area (Å²) in [6.45, 7) is 0. The normalized spacial score (nSPS) is 21.6.